The minimum absolute atomic E-state index is 0.0170. The molecular weight excluding hydrogens is 166 g/mol. The second-order valence-corrected chi connectivity index (χ2v) is 4.22. The molecular formula is C10H17NO2. The minimum atomic E-state index is -0.0170. The van der Waals surface area contributed by atoms with Gasteiger partial charge < -0.3 is 9.64 Å². The summed E-state index contributed by atoms with van der Waals surface area (Å²) < 4.78 is 4.79. The lowest BCUT2D eigenvalue weighted by Gasteiger charge is -2.40. The molecule has 2 bridgehead atoms. The van der Waals surface area contributed by atoms with E-state index in [0.717, 1.165) is 18.9 Å². The Bertz CT molecular complexity index is 193. The monoisotopic (exact) mass is 183 g/mol. The molecule has 2 rings (SSSR count). The SMILES string of the molecule is COC(=O)[C@@H]1C[C@H]2CCCN(C2)C1. The van der Waals surface area contributed by atoms with E-state index < -0.39 is 0 Å². The van der Waals surface area contributed by atoms with Gasteiger partial charge in [0.15, 0.2) is 0 Å². The number of carbonyl (C=O) groups is 1. The van der Waals surface area contributed by atoms with E-state index in [1.54, 1.807) is 0 Å². The van der Waals surface area contributed by atoms with E-state index >= 15 is 0 Å². The summed E-state index contributed by atoms with van der Waals surface area (Å²) in [5, 5.41) is 0. The van der Waals surface area contributed by atoms with Gasteiger partial charge in [-0.1, -0.05) is 0 Å². The first-order valence-corrected chi connectivity index (χ1v) is 5.10. The van der Waals surface area contributed by atoms with Crippen molar-refractivity contribution in [3.8, 4) is 0 Å². The van der Waals surface area contributed by atoms with Crippen LogP contribution in [0.4, 0.5) is 0 Å². The normalized spacial score (nSPS) is 38.4. The molecule has 0 aromatic carbocycles. The third kappa shape index (κ3) is 1.85. The smallest absolute Gasteiger partial charge is 0.309 e. The Kier molecular flexibility index (Phi) is 2.54. The highest BCUT2D eigenvalue weighted by Gasteiger charge is 2.33. The molecule has 1 unspecified atom stereocenters. The number of fused-ring (bicyclic) bond motifs is 2. The molecule has 3 nitrogen and oxygen atoms in total. The Morgan fingerprint density at radius 3 is 3.00 bits per heavy atom. The molecule has 0 N–H and O–H groups in total. The van der Waals surface area contributed by atoms with Crippen LogP contribution in [-0.4, -0.2) is 37.6 Å². The van der Waals surface area contributed by atoms with Crippen molar-refractivity contribution in [1.82, 2.24) is 4.90 Å². The Balaban J connectivity index is 1.97. The zero-order valence-electron chi connectivity index (χ0n) is 8.16. The molecule has 0 saturated carbocycles. The number of rotatable bonds is 1. The number of piperidine rings is 2. The minimum Gasteiger partial charge on any atom is -0.469 e. The van der Waals surface area contributed by atoms with Crippen molar-refractivity contribution >= 4 is 5.97 Å². The molecule has 74 valence electrons. The van der Waals surface area contributed by atoms with Crippen molar-refractivity contribution in [2.45, 2.75) is 19.3 Å². The largest absolute Gasteiger partial charge is 0.469 e. The van der Waals surface area contributed by atoms with E-state index in [-0.39, 0.29) is 11.9 Å². The maximum Gasteiger partial charge on any atom is 0.309 e. The number of carbonyl (C=O) groups excluding carboxylic acids is 1. The van der Waals surface area contributed by atoms with Gasteiger partial charge in [-0.25, -0.2) is 0 Å². The van der Waals surface area contributed by atoms with Crippen LogP contribution in [0.2, 0.25) is 0 Å². The Labute approximate surface area is 79.0 Å². The molecule has 0 radical (unpaired) electrons. The Morgan fingerprint density at radius 1 is 1.46 bits per heavy atom. The first-order chi connectivity index (χ1) is 6.29. The summed E-state index contributed by atoms with van der Waals surface area (Å²) in [5.41, 5.74) is 0. The fourth-order valence-electron chi connectivity index (χ4n) is 2.64. The quantitative estimate of drug-likeness (QED) is 0.565. The van der Waals surface area contributed by atoms with Crippen molar-refractivity contribution in [3.63, 3.8) is 0 Å². The summed E-state index contributed by atoms with van der Waals surface area (Å²) in [6, 6.07) is 0. The molecule has 0 aromatic rings. The maximum absolute atomic E-state index is 11.3. The highest BCUT2D eigenvalue weighted by Crippen LogP contribution is 2.29. The van der Waals surface area contributed by atoms with Gasteiger partial charge in [0.05, 0.1) is 13.0 Å². The van der Waals surface area contributed by atoms with Gasteiger partial charge in [0.25, 0.3) is 0 Å². The van der Waals surface area contributed by atoms with Crippen LogP contribution in [0.1, 0.15) is 19.3 Å². The first kappa shape index (κ1) is 9.00. The molecule has 3 atom stereocenters. The number of methoxy groups -OCH3 is 1. The standard InChI is InChI=1S/C10H17NO2/c1-13-10(12)9-5-8-3-2-4-11(6-8)7-9/h8-9H,2-7H2,1H3/t8-,9-/m1/s1. The lowest BCUT2D eigenvalue weighted by atomic mass is 9.83. The second-order valence-electron chi connectivity index (χ2n) is 4.22. The Morgan fingerprint density at radius 2 is 2.31 bits per heavy atom. The summed E-state index contributed by atoms with van der Waals surface area (Å²) in [7, 11) is 1.49. The van der Waals surface area contributed by atoms with Crippen LogP contribution in [0.25, 0.3) is 0 Å². The van der Waals surface area contributed by atoms with E-state index in [1.165, 1.54) is 33.0 Å². The van der Waals surface area contributed by atoms with Gasteiger partial charge in [-0.05, 0) is 31.7 Å². The number of ether oxygens (including phenoxy) is 1. The summed E-state index contributed by atoms with van der Waals surface area (Å²) in [4.78, 5) is 13.8. The molecule has 2 aliphatic rings. The average molecular weight is 183 g/mol. The number of nitrogens with zero attached hydrogens (tertiary/aromatic N) is 1. The molecule has 0 aromatic heterocycles. The third-order valence-electron chi connectivity index (χ3n) is 3.23. The van der Waals surface area contributed by atoms with Gasteiger partial charge in [0.2, 0.25) is 0 Å². The van der Waals surface area contributed by atoms with E-state index in [0.29, 0.717) is 0 Å². The van der Waals surface area contributed by atoms with Gasteiger partial charge in [-0.2, -0.15) is 0 Å². The molecule has 2 fully saturated rings. The molecule has 0 amide bonds. The molecule has 0 aliphatic carbocycles. The van der Waals surface area contributed by atoms with Crippen molar-refractivity contribution in [2.75, 3.05) is 26.7 Å². The van der Waals surface area contributed by atoms with Crippen LogP contribution in [0.15, 0.2) is 0 Å². The maximum atomic E-state index is 11.3. The zero-order valence-corrected chi connectivity index (χ0v) is 8.16. The van der Waals surface area contributed by atoms with Crippen LogP contribution in [0, 0.1) is 11.8 Å². The number of hydrogen-bond donors (Lipinski definition) is 0. The van der Waals surface area contributed by atoms with Crippen molar-refractivity contribution < 1.29 is 9.53 Å². The van der Waals surface area contributed by atoms with Gasteiger partial charge >= 0.3 is 5.97 Å². The fraction of sp³-hybridized carbons (Fsp3) is 0.900. The lowest BCUT2D eigenvalue weighted by Crippen LogP contribution is -2.46. The molecule has 2 aliphatic heterocycles. The zero-order chi connectivity index (χ0) is 9.26. The second kappa shape index (κ2) is 3.66. The Hall–Kier alpha value is -0.570. The van der Waals surface area contributed by atoms with Gasteiger partial charge in [0, 0.05) is 13.1 Å². The van der Waals surface area contributed by atoms with Crippen molar-refractivity contribution in [1.29, 1.82) is 0 Å². The highest BCUT2D eigenvalue weighted by atomic mass is 16.5. The summed E-state index contributed by atoms with van der Waals surface area (Å²) >= 11 is 0. The number of esters is 1. The topological polar surface area (TPSA) is 29.5 Å². The first-order valence-electron chi connectivity index (χ1n) is 5.10. The fourth-order valence-corrected chi connectivity index (χ4v) is 2.64. The van der Waals surface area contributed by atoms with E-state index in [4.69, 9.17) is 4.74 Å². The molecule has 0 spiro atoms. The van der Waals surface area contributed by atoms with Crippen LogP contribution < -0.4 is 0 Å². The molecule has 3 heteroatoms. The van der Waals surface area contributed by atoms with Gasteiger partial charge in [0.1, 0.15) is 0 Å². The lowest BCUT2D eigenvalue weighted by molar-refractivity contribution is -0.148. The highest BCUT2D eigenvalue weighted by molar-refractivity contribution is 5.72. The summed E-state index contributed by atoms with van der Waals surface area (Å²) in [6.45, 7) is 3.29. The summed E-state index contributed by atoms with van der Waals surface area (Å²) in [6.07, 6.45) is 3.64. The van der Waals surface area contributed by atoms with Crippen molar-refractivity contribution in [2.24, 2.45) is 11.8 Å². The van der Waals surface area contributed by atoms with Crippen LogP contribution in [0.3, 0.4) is 0 Å². The van der Waals surface area contributed by atoms with E-state index in [2.05, 4.69) is 4.90 Å². The average Bonchev–Trinajstić information content (AvgIpc) is 2.16. The van der Waals surface area contributed by atoms with Crippen LogP contribution in [0.5, 0.6) is 0 Å². The van der Waals surface area contributed by atoms with Crippen LogP contribution >= 0.6 is 0 Å². The van der Waals surface area contributed by atoms with Gasteiger partial charge in [-0.3, -0.25) is 4.79 Å². The van der Waals surface area contributed by atoms with Crippen molar-refractivity contribution in [3.05, 3.63) is 0 Å². The summed E-state index contributed by atoms with van der Waals surface area (Å²) in [5.74, 6) is 0.868. The predicted octanol–water partition coefficient (Wildman–Crippen LogP) is 0.891. The predicted molar refractivity (Wildman–Crippen MR) is 49.3 cm³/mol. The molecule has 13 heavy (non-hydrogen) atoms. The van der Waals surface area contributed by atoms with E-state index in [1.807, 2.05) is 0 Å². The molecule has 2 heterocycles. The number of hydrogen-bond acceptors (Lipinski definition) is 3. The third-order valence-corrected chi connectivity index (χ3v) is 3.23. The van der Waals surface area contributed by atoms with E-state index in [9.17, 15) is 4.79 Å². The van der Waals surface area contributed by atoms with Crippen LogP contribution in [-0.2, 0) is 9.53 Å². The molecule has 2 saturated heterocycles. The van der Waals surface area contributed by atoms with Gasteiger partial charge in [-0.15, -0.1) is 0 Å².